The van der Waals surface area contributed by atoms with Gasteiger partial charge in [0, 0.05) is 6.07 Å². The van der Waals surface area contributed by atoms with Gasteiger partial charge in [0.1, 0.15) is 29.6 Å². The quantitative estimate of drug-likeness (QED) is 0.227. The van der Waals surface area contributed by atoms with Crippen LogP contribution in [0, 0.1) is 5.92 Å². The molecule has 1 aliphatic carbocycles. The number of primary amides is 1. The minimum Gasteiger partial charge on any atom is -0.462 e. The molecule has 2 N–H and O–H groups in total. The molecule has 1 aromatic carbocycles. The number of amides is 1. The smallest absolute Gasteiger partial charge is 0.380 e. The number of carbonyl (C=O) groups excluding carboxylic acids is 2. The fourth-order valence-corrected chi connectivity index (χ4v) is 7.52. The summed E-state index contributed by atoms with van der Waals surface area (Å²) in [6.07, 6.45) is 5.48. The Labute approximate surface area is 246 Å². The summed E-state index contributed by atoms with van der Waals surface area (Å²) >= 11 is 0. The molecule has 2 saturated heterocycles. The number of rotatable bonds is 11. The van der Waals surface area contributed by atoms with Crippen molar-refractivity contribution in [1.29, 1.82) is 0 Å². The number of carbonyl (C=O) groups is 2. The third-order valence-corrected chi connectivity index (χ3v) is 9.71. The van der Waals surface area contributed by atoms with Gasteiger partial charge in [-0.1, -0.05) is 31.5 Å². The average molecular weight is 604 g/mol. The van der Waals surface area contributed by atoms with Gasteiger partial charge in [0.15, 0.2) is 24.3 Å². The SMILES string of the molecule is C[C@H](CP(=O)(OC[C@H]1O[C@@H]([n+]2cccc(C(N)=O)c2)C2OC(C)(C)O[C@H]21)Oc1ccccc1)C(=O)OC1CCCCC1. The van der Waals surface area contributed by atoms with E-state index in [0.717, 1.165) is 32.1 Å². The van der Waals surface area contributed by atoms with E-state index in [0.29, 0.717) is 11.3 Å². The van der Waals surface area contributed by atoms with Gasteiger partial charge in [-0.2, -0.15) is 4.57 Å². The van der Waals surface area contributed by atoms with E-state index < -0.39 is 55.7 Å². The number of ether oxygens (including phenoxy) is 4. The van der Waals surface area contributed by atoms with Gasteiger partial charge in [0.2, 0.25) is 0 Å². The molecule has 1 aromatic heterocycles. The van der Waals surface area contributed by atoms with Gasteiger partial charge < -0.3 is 29.2 Å². The molecular weight excluding hydrogens is 563 g/mol. The summed E-state index contributed by atoms with van der Waals surface area (Å²) in [6, 6.07) is 12.0. The molecule has 2 aliphatic heterocycles. The number of hydrogen-bond acceptors (Lipinski definition) is 9. The normalized spacial score (nSPS) is 27.5. The molecule has 1 saturated carbocycles. The topological polar surface area (TPSA) is 136 Å². The lowest BCUT2D eigenvalue weighted by Gasteiger charge is -2.27. The van der Waals surface area contributed by atoms with Crippen molar-refractivity contribution >= 4 is 19.5 Å². The van der Waals surface area contributed by atoms with Crippen molar-refractivity contribution in [3.63, 3.8) is 0 Å². The first-order valence-corrected chi connectivity index (χ1v) is 16.3. The van der Waals surface area contributed by atoms with Crippen molar-refractivity contribution in [1.82, 2.24) is 0 Å². The first-order valence-electron chi connectivity index (χ1n) is 14.5. The van der Waals surface area contributed by atoms with E-state index in [4.69, 9.17) is 33.7 Å². The maximum absolute atomic E-state index is 14.2. The monoisotopic (exact) mass is 603 g/mol. The van der Waals surface area contributed by atoms with E-state index in [1.54, 1.807) is 74.1 Å². The Morgan fingerprint density at radius 1 is 1.07 bits per heavy atom. The molecule has 1 amide bonds. The van der Waals surface area contributed by atoms with Gasteiger partial charge in [-0.25, -0.2) is 4.57 Å². The molecule has 3 heterocycles. The molecule has 228 valence electrons. The Kier molecular flexibility index (Phi) is 9.34. The minimum atomic E-state index is -3.88. The maximum Gasteiger partial charge on any atom is 0.380 e. The lowest BCUT2D eigenvalue weighted by Crippen LogP contribution is -2.46. The molecule has 0 bridgehead atoms. The highest BCUT2D eigenvalue weighted by atomic mass is 31.2. The van der Waals surface area contributed by atoms with E-state index in [-0.39, 0.29) is 18.9 Å². The van der Waals surface area contributed by atoms with Gasteiger partial charge in [-0.05, 0) is 57.7 Å². The predicted molar refractivity (Wildman–Crippen MR) is 151 cm³/mol. The van der Waals surface area contributed by atoms with Crippen LogP contribution in [-0.2, 0) is 32.8 Å². The van der Waals surface area contributed by atoms with Gasteiger partial charge >= 0.3 is 13.6 Å². The lowest BCUT2D eigenvalue weighted by atomic mass is 9.98. The molecule has 12 heteroatoms. The number of pyridine rings is 1. The zero-order chi connectivity index (χ0) is 29.9. The Hall–Kier alpha value is -2.82. The first kappa shape index (κ1) is 30.6. The van der Waals surface area contributed by atoms with Crippen LogP contribution in [0.25, 0.3) is 0 Å². The van der Waals surface area contributed by atoms with Crippen LogP contribution in [0.3, 0.4) is 0 Å². The number of para-hydroxylation sites is 1. The van der Waals surface area contributed by atoms with Gasteiger partial charge in [0.05, 0.1) is 18.7 Å². The Morgan fingerprint density at radius 3 is 2.50 bits per heavy atom. The summed E-state index contributed by atoms with van der Waals surface area (Å²) in [5.41, 5.74) is 5.79. The highest BCUT2D eigenvalue weighted by molar-refractivity contribution is 7.54. The largest absolute Gasteiger partial charge is 0.462 e. The van der Waals surface area contributed by atoms with Crippen LogP contribution in [0.4, 0.5) is 0 Å². The molecule has 42 heavy (non-hydrogen) atoms. The zero-order valence-electron chi connectivity index (χ0n) is 24.3. The number of benzene rings is 1. The van der Waals surface area contributed by atoms with Crippen LogP contribution in [0.5, 0.6) is 5.75 Å². The van der Waals surface area contributed by atoms with Gasteiger partial charge in [-0.3, -0.25) is 14.1 Å². The number of aromatic nitrogens is 1. The second kappa shape index (κ2) is 12.8. The Morgan fingerprint density at radius 2 is 1.79 bits per heavy atom. The molecule has 5 rings (SSSR count). The first-order chi connectivity index (χ1) is 20.0. The molecular formula is C30H40N2O9P+. The Balaban J connectivity index is 1.32. The van der Waals surface area contributed by atoms with Crippen LogP contribution in [-0.4, -0.2) is 54.8 Å². The average Bonchev–Trinajstić information content (AvgIpc) is 3.45. The number of esters is 1. The van der Waals surface area contributed by atoms with E-state index in [1.165, 1.54) is 0 Å². The summed E-state index contributed by atoms with van der Waals surface area (Å²) in [7, 11) is -3.88. The summed E-state index contributed by atoms with van der Waals surface area (Å²) in [4.78, 5) is 24.7. The van der Waals surface area contributed by atoms with Crippen molar-refractivity contribution < 1.29 is 46.7 Å². The molecule has 3 aliphatic rings. The van der Waals surface area contributed by atoms with Crippen molar-refractivity contribution in [2.45, 2.75) is 89.3 Å². The third-order valence-electron chi connectivity index (χ3n) is 7.68. The molecule has 6 atom stereocenters. The molecule has 2 aromatic rings. The van der Waals surface area contributed by atoms with E-state index in [1.807, 2.05) is 6.07 Å². The predicted octanol–water partition coefficient (Wildman–Crippen LogP) is 4.29. The standard InChI is InChI=1S/C30H39N2O9P/c1-20(29(34)37-22-12-6-4-7-13-22)19-42(35,41-23-14-8-5-9-15-23)36-18-24-25-26(40-30(2,3)39-25)28(38-24)32-16-10-11-21(17-32)27(31)33/h5,8-11,14-17,20,22,24-26,28H,4,6-7,12-13,18-19H2,1-3H3,(H-,31,33)/p+1/t20-,24-,25+,26?,28-,42?/m1/s1. The summed E-state index contributed by atoms with van der Waals surface area (Å²) in [5.74, 6) is -2.25. The molecule has 11 nitrogen and oxygen atoms in total. The van der Waals surface area contributed by atoms with Crippen LogP contribution in [0.1, 0.15) is 69.5 Å². The molecule has 0 spiro atoms. The minimum absolute atomic E-state index is 0.113. The van der Waals surface area contributed by atoms with Crippen LogP contribution in [0.2, 0.25) is 0 Å². The van der Waals surface area contributed by atoms with Crippen molar-refractivity contribution in [3.8, 4) is 5.75 Å². The molecule has 0 radical (unpaired) electrons. The molecule has 3 fully saturated rings. The van der Waals surface area contributed by atoms with Crippen molar-refractivity contribution in [3.05, 3.63) is 60.4 Å². The van der Waals surface area contributed by atoms with E-state index in [2.05, 4.69) is 0 Å². The number of nitrogens with two attached hydrogens (primary N) is 1. The molecule has 2 unspecified atom stereocenters. The second-order valence-electron chi connectivity index (χ2n) is 11.6. The second-order valence-corrected chi connectivity index (χ2v) is 13.7. The maximum atomic E-state index is 14.2. The van der Waals surface area contributed by atoms with E-state index in [9.17, 15) is 14.2 Å². The third kappa shape index (κ3) is 7.38. The van der Waals surface area contributed by atoms with Crippen molar-refractivity contribution in [2.24, 2.45) is 11.7 Å². The Bertz CT molecular complexity index is 1300. The van der Waals surface area contributed by atoms with Gasteiger partial charge in [-0.15, -0.1) is 0 Å². The van der Waals surface area contributed by atoms with Crippen molar-refractivity contribution in [2.75, 3.05) is 12.8 Å². The summed E-state index contributed by atoms with van der Waals surface area (Å²) in [5, 5.41) is 0. The zero-order valence-corrected chi connectivity index (χ0v) is 25.2. The lowest BCUT2D eigenvalue weighted by molar-refractivity contribution is -0.766. The fourth-order valence-electron chi connectivity index (χ4n) is 5.65. The summed E-state index contributed by atoms with van der Waals surface area (Å²) < 4.78 is 52.2. The number of fused-ring (bicyclic) bond motifs is 1. The summed E-state index contributed by atoms with van der Waals surface area (Å²) in [6.45, 7) is 5.12. The van der Waals surface area contributed by atoms with Crippen LogP contribution < -0.4 is 14.8 Å². The highest BCUT2D eigenvalue weighted by Crippen LogP contribution is 2.51. The van der Waals surface area contributed by atoms with Gasteiger partial charge in [0.25, 0.3) is 12.1 Å². The van der Waals surface area contributed by atoms with E-state index >= 15 is 0 Å². The van der Waals surface area contributed by atoms with Crippen LogP contribution >= 0.6 is 7.60 Å². The fraction of sp³-hybridized carbons (Fsp3) is 0.567. The highest BCUT2D eigenvalue weighted by Gasteiger charge is 2.59. The number of hydrogen-bond donors (Lipinski definition) is 1. The number of nitrogens with zero attached hydrogens (tertiary/aromatic N) is 1. The van der Waals surface area contributed by atoms with Crippen LogP contribution in [0.15, 0.2) is 54.9 Å².